The zero-order valence-electron chi connectivity index (χ0n) is 20.8. The molecule has 2 aromatic rings. The van der Waals surface area contributed by atoms with Gasteiger partial charge < -0.3 is 24.4 Å². The van der Waals surface area contributed by atoms with Crippen molar-refractivity contribution in [1.29, 1.82) is 0 Å². The number of benzene rings is 2. The SMILES string of the molecule is COc1ccc(C2CCN(C[C@@H]3CC[C@H](NC(=O)C4=Cc5ccc(OC)cc5OC4)C3)CC2)cc1. The van der Waals surface area contributed by atoms with Gasteiger partial charge in [0, 0.05) is 24.2 Å². The van der Waals surface area contributed by atoms with Crippen LogP contribution in [0.25, 0.3) is 6.08 Å². The van der Waals surface area contributed by atoms with Crippen molar-refractivity contribution in [1.82, 2.24) is 10.2 Å². The van der Waals surface area contributed by atoms with E-state index in [1.807, 2.05) is 24.3 Å². The molecule has 2 atom stereocenters. The van der Waals surface area contributed by atoms with E-state index in [9.17, 15) is 4.79 Å². The highest BCUT2D eigenvalue weighted by Crippen LogP contribution is 2.33. The molecule has 1 amide bonds. The molecule has 186 valence electrons. The maximum absolute atomic E-state index is 12.9. The molecule has 0 aromatic heterocycles. The number of methoxy groups -OCH3 is 2. The minimum absolute atomic E-state index is 0.00239. The van der Waals surface area contributed by atoms with Crippen LogP contribution in [0.3, 0.4) is 0 Å². The van der Waals surface area contributed by atoms with Crippen LogP contribution in [0.4, 0.5) is 0 Å². The first-order valence-corrected chi connectivity index (χ1v) is 12.8. The molecule has 1 aliphatic carbocycles. The van der Waals surface area contributed by atoms with Gasteiger partial charge in [0.1, 0.15) is 23.9 Å². The predicted octanol–water partition coefficient (Wildman–Crippen LogP) is 4.64. The smallest absolute Gasteiger partial charge is 0.250 e. The molecule has 0 spiro atoms. The minimum atomic E-state index is -0.00239. The number of nitrogens with one attached hydrogen (secondary N) is 1. The molecule has 35 heavy (non-hydrogen) atoms. The second kappa shape index (κ2) is 10.7. The molecular weight excluding hydrogens is 440 g/mol. The minimum Gasteiger partial charge on any atom is -0.497 e. The zero-order chi connectivity index (χ0) is 24.2. The Morgan fingerprint density at radius 1 is 1.00 bits per heavy atom. The third-order valence-corrected chi connectivity index (χ3v) is 7.79. The first-order chi connectivity index (χ1) is 17.1. The van der Waals surface area contributed by atoms with Crippen LogP contribution in [-0.4, -0.2) is 57.3 Å². The summed E-state index contributed by atoms with van der Waals surface area (Å²) in [4.78, 5) is 15.5. The highest BCUT2D eigenvalue weighted by Gasteiger charge is 2.30. The molecule has 6 heteroatoms. The summed E-state index contributed by atoms with van der Waals surface area (Å²) < 4.78 is 16.4. The fraction of sp³-hybridized carbons (Fsp3) is 0.483. The molecule has 2 heterocycles. The molecular formula is C29H36N2O4. The summed E-state index contributed by atoms with van der Waals surface area (Å²) in [6.45, 7) is 3.74. The van der Waals surface area contributed by atoms with E-state index in [0.29, 0.717) is 24.0 Å². The number of fused-ring (bicyclic) bond motifs is 1. The maximum atomic E-state index is 12.9. The van der Waals surface area contributed by atoms with Gasteiger partial charge >= 0.3 is 0 Å². The summed E-state index contributed by atoms with van der Waals surface area (Å²) in [6, 6.07) is 14.5. The van der Waals surface area contributed by atoms with Gasteiger partial charge in [-0.1, -0.05) is 12.1 Å². The van der Waals surface area contributed by atoms with E-state index in [1.165, 1.54) is 24.8 Å². The summed E-state index contributed by atoms with van der Waals surface area (Å²) in [6.07, 6.45) is 7.66. The van der Waals surface area contributed by atoms with Crippen molar-refractivity contribution in [2.24, 2.45) is 5.92 Å². The Labute approximate surface area is 208 Å². The van der Waals surface area contributed by atoms with E-state index < -0.39 is 0 Å². The van der Waals surface area contributed by atoms with Crippen molar-refractivity contribution in [3.8, 4) is 17.2 Å². The largest absolute Gasteiger partial charge is 0.497 e. The molecule has 2 fully saturated rings. The summed E-state index contributed by atoms with van der Waals surface area (Å²) in [5, 5.41) is 3.27. The molecule has 5 rings (SSSR count). The third-order valence-electron chi connectivity index (χ3n) is 7.79. The van der Waals surface area contributed by atoms with Gasteiger partial charge in [-0.15, -0.1) is 0 Å². The molecule has 2 aliphatic heterocycles. The second-order valence-electron chi connectivity index (χ2n) is 10.1. The van der Waals surface area contributed by atoms with E-state index >= 15 is 0 Å². The molecule has 3 aliphatic rings. The van der Waals surface area contributed by atoms with Crippen LogP contribution < -0.4 is 19.5 Å². The Morgan fingerprint density at radius 2 is 1.74 bits per heavy atom. The molecule has 6 nitrogen and oxygen atoms in total. The summed E-state index contributed by atoms with van der Waals surface area (Å²) in [5.41, 5.74) is 3.04. The first kappa shape index (κ1) is 23.7. The summed E-state index contributed by atoms with van der Waals surface area (Å²) in [7, 11) is 3.35. The number of nitrogens with zero attached hydrogens (tertiary/aromatic N) is 1. The van der Waals surface area contributed by atoms with E-state index in [2.05, 4.69) is 34.5 Å². The van der Waals surface area contributed by atoms with Crippen molar-refractivity contribution in [2.75, 3.05) is 40.5 Å². The molecule has 1 saturated carbocycles. The Kier molecular flexibility index (Phi) is 7.28. The van der Waals surface area contributed by atoms with Crippen molar-refractivity contribution < 1.29 is 19.0 Å². The maximum Gasteiger partial charge on any atom is 0.250 e. The molecule has 0 radical (unpaired) electrons. The van der Waals surface area contributed by atoms with E-state index in [0.717, 1.165) is 55.3 Å². The van der Waals surface area contributed by atoms with E-state index in [4.69, 9.17) is 14.2 Å². The molecule has 2 aromatic carbocycles. The van der Waals surface area contributed by atoms with Gasteiger partial charge in [0.2, 0.25) is 0 Å². The predicted molar refractivity (Wildman–Crippen MR) is 137 cm³/mol. The number of ether oxygens (including phenoxy) is 3. The summed E-state index contributed by atoms with van der Waals surface area (Å²) >= 11 is 0. The van der Waals surface area contributed by atoms with Crippen LogP contribution in [0, 0.1) is 5.92 Å². The first-order valence-electron chi connectivity index (χ1n) is 12.8. The van der Waals surface area contributed by atoms with Gasteiger partial charge in [0.15, 0.2) is 0 Å². The lowest BCUT2D eigenvalue weighted by Crippen LogP contribution is -2.38. The Morgan fingerprint density at radius 3 is 2.49 bits per heavy atom. The van der Waals surface area contributed by atoms with Crippen LogP contribution in [0.15, 0.2) is 48.0 Å². The van der Waals surface area contributed by atoms with Crippen LogP contribution in [0.2, 0.25) is 0 Å². The normalized spacial score (nSPS) is 22.6. The molecule has 1 saturated heterocycles. The fourth-order valence-corrected chi connectivity index (χ4v) is 5.74. The average Bonchev–Trinajstić information content (AvgIpc) is 3.35. The lowest BCUT2D eigenvalue weighted by atomic mass is 9.89. The topological polar surface area (TPSA) is 60.0 Å². The lowest BCUT2D eigenvalue weighted by molar-refractivity contribution is -0.118. The Bertz CT molecular complexity index is 1060. The monoisotopic (exact) mass is 476 g/mol. The zero-order valence-corrected chi connectivity index (χ0v) is 20.8. The van der Waals surface area contributed by atoms with Crippen LogP contribution >= 0.6 is 0 Å². The molecule has 0 unspecified atom stereocenters. The molecule has 0 bridgehead atoms. The Hall–Kier alpha value is -2.99. The fourth-order valence-electron chi connectivity index (χ4n) is 5.74. The third kappa shape index (κ3) is 5.64. The van der Waals surface area contributed by atoms with Crippen LogP contribution in [0.1, 0.15) is 49.1 Å². The lowest BCUT2D eigenvalue weighted by Gasteiger charge is -2.33. The second-order valence-corrected chi connectivity index (χ2v) is 10.1. The van der Waals surface area contributed by atoms with Crippen LogP contribution in [0.5, 0.6) is 17.2 Å². The number of hydrogen-bond donors (Lipinski definition) is 1. The number of amides is 1. The number of hydrogen-bond acceptors (Lipinski definition) is 5. The van der Waals surface area contributed by atoms with Gasteiger partial charge in [-0.2, -0.15) is 0 Å². The quantitative estimate of drug-likeness (QED) is 0.631. The number of piperidine rings is 1. The average molecular weight is 477 g/mol. The molecule has 1 N–H and O–H groups in total. The number of carbonyl (C=O) groups excluding carboxylic acids is 1. The van der Waals surface area contributed by atoms with Crippen LogP contribution in [-0.2, 0) is 4.79 Å². The van der Waals surface area contributed by atoms with Gasteiger partial charge in [0.25, 0.3) is 5.91 Å². The highest BCUT2D eigenvalue weighted by molar-refractivity contribution is 5.99. The number of rotatable bonds is 7. The van der Waals surface area contributed by atoms with Crippen molar-refractivity contribution >= 4 is 12.0 Å². The van der Waals surface area contributed by atoms with Crippen molar-refractivity contribution in [3.63, 3.8) is 0 Å². The van der Waals surface area contributed by atoms with Gasteiger partial charge in [-0.3, -0.25) is 4.79 Å². The van der Waals surface area contributed by atoms with Crippen molar-refractivity contribution in [3.05, 3.63) is 59.2 Å². The van der Waals surface area contributed by atoms with E-state index in [-0.39, 0.29) is 11.9 Å². The summed E-state index contributed by atoms with van der Waals surface area (Å²) in [5.74, 6) is 3.74. The van der Waals surface area contributed by atoms with Gasteiger partial charge in [-0.25, -0.2) is 0 Å². The van der Waals surface area contributed by atoms with Gasteiger partial charge in [0.05, 0.1) is 19.8 Å². The highest BCUT2D eigenvalue weighted by atomic mass is 16.5. The van der Waals surface area contributed by atoms with Crippen molar-refractivity contribution in [2.45, 2.75) is 44.1 Å². The van der Waals surface area contributed by atoms with E-state index in [1.54, 1.807) is 14.2 Å². The number of likely N-dealkylation sites (tertiary alicyclic amines) is 1. The number of carbonyl (C=O) groups is 1. The standard InChI is InChI=1S/C29H36N2O4/c1-33-26-8-4-21(5-9-26)22-11-13-31(14-12-22)18-20-3-7-25(15-20)30-29(32)24-16-23-6-10-27(34-2)17-28(23)35-19-24/h4-6,8-10,16-17,20,22,25H,3,7,11-15,18-19H2,1-2H3,(H,30,32)/t20-,25+/m1/s1. The van der Waals surface area contributed by atoms with Gasteiger partial charge in [-0.05, 0) is 92.9 Å². The Balaban J connectivity index is 1.07.